The van der Waals surface area contributed by atoms with E-state index in [-0.39, 0.29) is 12.1 Å². The van der Waals surface area contributed by atoms with Crippen molar-refractivity contribution in [3.63, 3.8) is 0 Å². The lowest BCUT2D eigenvalue weighted by Gasteiger charge is -2.34. The highest BCUT2D eigenvalue weighted by atomic mass is 16.2. The molecule has 1 unspecified atom stereocenters. The summed E-state index contributed by atoms with van der Waals surface area (Å²) < 4.78 is 3.89. The Morgan fingerprint density at radius 2 is 2.16 bits per heavy atom. The Kier molecular flexibility index (Phi) is 4.44. The third-order valence-corrected chi connectivity index (χ3v) is 5.00. The Hall–Kier alpha value is -2.35. The molecule has 1 fully saturated rings. The van der Waals surface area contributed by atoms with E-state index >= 15 is 0 Å². The number of aromatic nitrogens is 4. The summed E-state index contributed by atoms with van der Waals surface area (Å²) in [5, 5.41) is 11.8. The number of nitrogens with zero attached hydrogens (tertiary/aromatic N) is 6. The van der Waals surface area contributed by atoms with E-state index in [0.717, 1.165) is 45.6 Å². The Morgan fingerprint density at radius 3 is 2.92 bits per heavy atom. The summed E-state index contributed by atoms with van der Waals surface area (Å²) in [5.41, 5.74) is 2.39. The molecule has 8 heteroatoms. The normalized spacial score (nSPS) is 20.7. The van der Waals surface area contributed by atoms with Crippen LogP contribution in [0.25, 0.3) is 0 Å². The second kappa shape index (κ2) is 6.87. The standard InChI is InChI=1S/C17H25N7O/c1-21-10-14(8-20-21)11-22-12-15-4-5-19-24(15)16(13-22)9-18-17(25)23-6-2-3-7-23/h4-5,8,10,16H,2-3,6-7,9,11-13H2,1H3,(H,18,25). The molecular formula is C17H25N7O. The third-order valence-electron chi connectivity index (χ3n) is 5.00. The van der Waals surface area contributed by atoms with Crippen molar-refractivity contribution in [2.45, 2.75) is 32.0 Å². The lowest BCUT2D eigenvalue weighted by atomic mass is 10.1. The Labute approximate surface area is 147 Å². The van der Waals surface area contributed by atoms with E-state index < -0.39 is 0 Å². The van der Waals surface area contributed by atoms with Gasteiger partial charge in [-0.2, -0.15) is 10.2 Å². The predicted molar refractivity (Wildman–Crippen MR) is 92.8 cm³/mol. The van der Waals surface area contributed by atoms with Crippen molar-refractivity contribution in [1.82, 2.24) is 34.7 Å². The fourth-order valence-corrected chi connectivity index (χ4v) is 3.79. The molecule has 0 bridgehead atoms. The summed E-state index contributed by atoms with van der Waals surface area (Å²) in [5.74, 6) is 0. The van der Waals surface area contributed by atoms with Gasteiger partial charge < -0.3 is 10.2 Å². The number of amides is 2. The summed E-state index contributed by atoms with van der Waals surface area (Å²) in [7, 11) is 1.94. The Morgan fingerprint density at radius 1 is 1.32 bits per heavy atom. The molecule has 8 nitrogen and oxygen atoms in total. The van der Waals surface area contributed by atoms with Gasteiger partial charge in [0.15, 0.2) is 0 Å². The number of nitrogens with one attached hydrogen (secondary N) is 1. The molecule has 4 rings (SSSR count). The molecule has 0 aliphatic carbocycles. The summed E-state index contributed by atoms with van der Waals surface area (Å²) in [6, 6.07) is 2.27. The van der Waals surface area contributed by atoms with Gasteiger partial charge in [-0.25, -0.2) is 4.79 Å². The maximum Gasteiger partial charge on any atom is 0.317 e. The number of hydrogen-bond acceptors (Lipinski definition) is 4. The first kappa shape index (κ1) is 16.1. The molecule has 25 heavy (non-hydrogen) atoms. The number of likely N-dealkylation sites (tertiary alicyclic amines) is 1. The number of carbonyl (C=O) groups is 1. The van der Waals surface area contributed by atoms with Crippen molar-refractivity contribution in [3.8, 4) is 0 Å². The van der Waals surface area contributed by atoms with Crippen LogP contribution in [0.15, 0.2) is 24.7 Å². The molecule has 1 atom stereocenters. The Bertz CT molecular complexity index is 731. The van der Waals surface area contributed by atoms with Crippen LogP contribution in [0, 0.1) is 0 Å². The zero-order valence-electron chi connectivity index (χ0n) is 14.6. The zero-order valence-corrected chi connectivity index (χ0v) is 14.6. The first-order chi connectivity index (χ1) is 12.2. The van der Waals surface area contributed by atoms with E-state index in [1.165, 1.54) is 11.3 Å². The van der Waals surface area contributed by atoms with Gasteiger partial charge in [0.2, 0.25) is 0 Å². The number of carbonyl (C=O) groups excluding carboxylic acids is 1. The van der Waals surface area contributed by atoms with E-state index in [1.807, 2.05) is 29.0 Å². The summed E-state index contributed by atoms with van der Waals surface area (Å²) in [6.07, 6.45) is 8.03. The molecule has 1 N–H and O–H groups in total. The van der Waals surface area contributed by atoms with E-state index in [4.69, 9.17) is 0 Å². The van der Waals surface area contributed by atoms with E-state index in [9.17, 15) is 4.79 Å². The quantitative estimate of drug-likeness (QED) is 0.898. The lowest BCUT2D eigenvalue weighted by molar-refractivity contribution is 0.161. The molecule has 0 saturated carbocycles. The van der Waals surface area contributed by atoms with Gasteiger partial charge in [0, 0.05) is 64.3 Å². The summed E-state index contributed by atoms with van der Waals surface area (Å²) >= 11 is 0. The van der Waals surface area contributed by atoms with Crippen LogP contribution in [-0.4, -0.2) is 61.6 Å². The van der Waals surface area contributed by atoms with Crippen LogP contribution in [0.1, 0.15) is 30.1 Å². The average molecular weight is 343 g/mol. The first-order valence-corrected chi connectivity index (χ1v) is 8.94. The number of rotatable bonds is 4. The minimum absolute atomic E-state index is 0.0515. The third kappa shape index (κ3) is 3.53. The smallest absolute Gasteiger partial charge is 0.317 e. The van der Waals surface area contributed by atoms with Crippen molar-refractivity contribution < 1.29 is 4.79 Å². The van der Waals surface area contributed by atoms with Crippen molar-refractivity contribution >= 4 is 6.03 Å². The van der Waals surface area contributed by atoms with Crippen molar-refractivity contribution in [3.05, 3.63) is 35.9 Å². The molecule has 2 aromatic heterocycles. The number of urea groups is 1. The topological polar surface area (TPSA) is 71.2 Å². The number of fused-ring (bicyclic) bond motifs is 1. The van der Waals surface area contributed by atoms with Gasteiger partial charge in [-0.1, -0.05) is 0 Å². The van der Waals surface area contributed by atoms with Gasteiger partial charge in [-0.05, 0) is 18.9 Å². The first-order valence-electron chi connectivity index (χ1n) is 8.94. The lowest BCUT2D eigenvalue weighted by Crippen LogP contribution is -2.45. The number of aryl methyl sites for hydroxylation is 1. The molecule has 2 aliphatic heterocycles. The maximum atomic E-state index is 12.3. The molecule has 4 heterocycles. The fraction of sp³-hybridized carbons (Fsp3) is 0.588. The van der Waals surface area contributed by atoms with E-state index in [2.05, 4.69) is 37.4 Å². The Balaban J connectivity index is 1.40. The SMILES string of the molecule is Cn1cc(CN2Cc3ccnn3C(CNC(=O)N3CCCC3)C2)cn1. The van der Waals surface area contributed by atoms with Gasteiger partial charge in [0.25, 0.3) is 0 Å². The molecule has 0 spiro atoms. The van der Waals surface area contributed by atoms with Crippen LogP contribution in [0.3, 0.4) is 0 Å². The zero-order chi connectivity index (χ0) is 17.2. The van der Waals surface area contributed by atoms with Gasteiger partial charge in [-0.15, -0.1) is 0 Å². The van der Waals surface area contributed by atoms with Crippen molar-refractivity contribution in [1.29, 1.82) is 0 Å². The van der Waals surface area contributed by atoms with Gasteiger partial charge in [0.1, 0.15) is 0 Å². The van der Waals surface area contributed by atoms with Crippen molar-refractivity contribution in [2.75, 3.05) is 26.2 Å². The molecule has 2 aromatic rings. The molecular weight excluding hydrogens is 318 g/mol. The van der Waals surface area contributed by atoms with Crippen LogP contribution < -0.4 is 5.32 Å². The highest BCUT2D eigenvalue weighted by Crippen LogP contribution is 2.21. The maximum absolute atomic E-state index is 12.3. The van der Waals surface area contributed by atoms with Crippen LogP contribution in [0.5, 0.6) is 0 Å². The number of hydrogen-bond donors (Lipinski definition) is 1. The van der Waals surface area contributed by atoms with Gasteiger partial charge >= 0.3 is 6.03 Å². The van der Waals surface area contributed by atoms with Crippen LogP contribution in [0.4, 0.5) is 4.79 Å². The van der Waals surface area contributed by atoms with Crippen LogP contribution in [0.2, 0.25) is 0 Å². The van der Waals surface area contributed by atoms with Crippen molar-refractivity contribution in [2.24, 2.45) is 7.05 Å². The molecule has 2 aliphatic rings. The highest BCUT2D eigenvalue weighted by molar-refractivity contribution is 5.74. The molecule has 0 aromatic carbocycles. The average Bonchev–Trinajstić information content (AvgIpc) is 3.33. The molecule has 134 valence electrons. The molecule has 2 amide bonds. The fourth-order valence-electron chi connectivity index (χ4n) is 3.79. The second-order valence-corrected chi connectivity index (χ2v) is 6.99. The van der Waals surface area contributed by atoms with Gasteiger partial charge in [-0.3, -0.25) is 14.3 Å². The molecule has 1 saturated heterocycles. The summed E-state index contributed by atoms with van der Waals surface area (Å²) in [6.45, 7) is 4.94. The highest BCUT2D eigenvalue weighted by Gasteiger charge is 2.27. The largest absolute Gasteiger partial charge is 0.336 e. The van der Waals surface area contributed by atoms with Crippen LogP contribution >= 0.6 is 0 Å². The van der Waals surface area contributed by atoms with Gasteiger partial charge in [0.05, 0.1) is 17.9 Å². The predicted octanol–water partition coefficient (Wildman–Crippen LogP) is 0.979. The molecule has 0 radical (unpaired) electrons. The van der Waals surface area contributed by atoms with E-state index in [0.29, 0.717) is 6.54 Å². The minimum Gasteiger partial charge on any atom is -0.336 e. The minimum atomic E-state index is 0.0515. The monoisotopic (exact) mass is 343 g/mol. The summed E-state index contributed by atoms with van der Waals surface area (Å²) in [4.78, 5) is 16.6. The second-order valence-electron chi connectivity index (χ2n) is 6.99. The van der Waals surface area contributed by atoms with Crippen LogP contribution in [-0.2, 0) is 20.1 Å². The van der Waals surface area contributed by atoms with E-state index in [1.54, 1.807) is 0 Å².